The Bertz CT molecular complexity index is 28.5. The van der Waals surface area contributed by atoms with E-state index in [0.717, 1.165) is 0 Å². The summed E-state index contributed by atoms with van der Waals surface area (Å²) in [7, 11) is 3.40. The SMILES string of the molecule is C[C@H](F)N(C)C. The van der Waals surface area contributed by atoms with E-state index in [-0.39, 0.29) is 0 Å². The maximum Gasteiger partial charge on any atom is 0.150 e. The van der Waals surface area contributed by atoms with Gasteiger partial charge in [0, 0.05) is 0 Å². The Balaban J connectivity index is 2.99. The second kappa shape index (κ2) is 2.13. The minimum absolute atomic E-state index is 0.815. The lowest BCUT2D eigenvalue weighted by molar-refractivity contribution is 0.158. The summed E-state index contributed by atoms with van der Waals surface area (Å²) < 4.78 is 11.8. The van der Waals surface area contributed by atoms with E-state index in [1.165, 1.54) is 11.8 Å². The van der Waals surface area contributed by atoms with Crippen LogP contribution < -0.4 is 0 Å². The Hall–Kier alpha value is -0.110. The van der Waals surface area contributed by atoms with Crippen LogP contribution in [-0.4, -0.2) is 25.3 Å². The van der Waals surface area contributed by atoms with Crippen molar-refractivity contribution in [3.63, 3.8) is 0 Å². The Morgan fingerprint density at radius 2 is 1.67 bits per heavy atom. The molecule has 0 radical (unpaired) electrons. The molecule has 0 aromatic carbocycles. The second-order valence-corrected chi connectivity index (χ2v) is 1.54. The molecule has 0 aliphatic rings. The molecule has 6 heavy (non-hydrogen) atoms. The fraction of sp³-hybridized carbons (Fsp3) is 1.00. The monoisotopic (exact) mass is 91.1 g/mol. The Kier molecular flexibility index (Phi) is 2.09. The van der Waals surface area contributed by atoms with Gasteiger partial charge in [-0.15, -0.1) is 0 Å². The van der Waals surface area contributed by atoms with Gasteiger partial charge in [-0.05, 0) is 21.0 Å². The molecular formula is C4H10FN. The van der Waals surface area contributed by atoms with Crippen molar-refractivity contribution < 1.29 is 4.39 Å². The molecule has 0 aliphatic heterocycles. The van der Waals surface area contributed by atoms with E-state index in [4.69, 9.17) is 0 Å². The van der Waals surface area contributed by atoms with Gasteiger partial charge >= 0.3 is 0 Å². The highest BCUT2D eigenvalue weighted by atomic mass is 19.1. The first kappa shape index (κ1) is 5.89. The van der Waals surface area contributed by atoms with E-state index >= 15 is 0 Å². The quantitative estimate of drug-likeness (QED) is 0.433. The Morgan fingerprint density at radius 1 is 1.50 bits per heavy atom. The lowest BCUT2D eigenvalue weighted by atomic mass is 10.6. The van der Waals surface area contributed by atoms with E-state index in [0.29, 0.717) is 0 Å². The summed E-state index contributed by atoms with van der Waals surface area (Å²) in [6, 6.07) is 0. The van der Waals surface area contributed by atoms with Gasteiger partial charge < -0.3 is 0 Å². The average Bonchev–Trinajstić information content (AvgIpc) is 1.36. The van der Waals surface area contributed by atoms with Crippen molar-refractivity contribution in [1.29, 1.82) is 0 Å². The summed E-state index contributed by atoms with van der Waals surface area (Å²) in [5, 5.41) is 0. The Morgan fingerprint density at radius 3 is 1.67 bits per heavy atom. The highest BCUT2D eigenvalue weighted by Gasteiger charge is 1.95. The maximum atomic E-state index is 11.8. The van der Waals surface area contributed by atoms with Crippen molar-refractivity contribution in [2.45, 2.75) is 13.2 Å². The van der Waals surface area contributed by atoms with E-state index in [9.17, 15) is 4.39 Å². The van der Waals surface area contributed by atoms with E-state index in [1.54, 1.807) is 14.1 Å². The fourth-order valence-electron chi connectivity index (χ4n) is 0. The van der Waals surface area contributed by atoms with Crippen LogP contribution in [0, 0.1) is 0 Å². The standard InChI is InChI=1S/C4H10FN/c1-4(5)6(2)3/h4H,1-3H3/t4-/m1/s1. The normalized spacial score (nSPS) is 15.5. The molecule has 0 aromatic heterocycles. The third kappa shape index (κ3) is 2.15. The molecule has 0 amide bonds. The van der Waals surface area contributed by atoms with Crippen LogP contribution in [-0.2, 0) is 0 Å². The van der Waals surface area contributed by atoms with Crippen LogP contribution in [0.3, 0.4) is 0 Å². The molecule has 0 saturated heterocycles. The van der Waals surface area contributed by atoms with Crippen LogP contribution in [0.4, 0.5) is 4.39 Å². The zero-order chi connectivity index (χ0) is 5.15. The molecular weight excluding hydrogens is 81.0 g/mol. The average molecular weight is 91.1 g/mol. The van der Waals surface area contributed by atoms with Gasteiger partial charge in [0.05, 0.1) is 0 Å². The molecule has 0 aromatic rings. The smallest absolute Gasteiger partial charge is 0.150 e. The van der Waals surface area contributed by atoms with Crippen LogP contribution in [0.1, 0.15) is 6.92 Å². The van der Waals surface area contributed by atoms with Crippen molar-refractivity contribution in [1.82, 2.24) is 4.90 Å². The highest BCUT2D eigenvalue weighted by molar-refractivity contribution is 4.36. The van der Waals surface area contributed by atoms with Crippen LogP contribution in [0.5, 0.6) is 0 Å². The topological polar surface area (TPSA) is 3.24 Å². The number of alkyl halides is 1. The van der Waals surface area contributed by atoms with Crippen molar-refractivity contribution in [3.8, 4) is 0 Å². The third-order valence-corrected chi connectivity index (χ3v) is 0.712. The van der Waals surface area contributed by atoms with Gasteiger partial charge in [0.1, 0.15) is 6.30 Å². The van der Waals surface area contributed by atoms with Gasteiger partial charge in [-0.25, -0.2) is 4.39 Å². The maximum absolute atomic E-state index is 11.8. The van der Waals surface area contributed by atoms with Gasteiger partial charge in [0.25, 0.3) is 0 Å². The first-order chi connectivity index (χ1) is 2.64. The minimum atomic E-state index is -0.815. The van der Waals surface area contributed by atoms with Crippen molar-refractivity contribution in [2.24, 2.45) is 0 Å². The van der Waals surface area contributed by atoms with E-state index in [2.05, 4.69) is 0 Å². The van der Waals surface area contributed by atoms with Crippen molar-refractivity contribution in [3.05, 3.63) is 0 Å². The molecule has 0 heterocycles. The van der Waals surface area contributed by atoms with E-state index < -0.39 is 6.30 Å². The molecule has 1 atom stereocenters. The number of hydrogen-bond acceptors (Lipinski definition) is 1. The van der Waals surface area contributed by atoms with Gasteiger partial charge in [-0.1, -0.05) is 0 Å². The molecule has 1 nitrogen and oxygen atoms in total. The molecule has 0 N–H and O–H groups in total. The lowest BCUT2D eigenvalue weighted by Gasteiger charge is -2.08. The van der Waals surface area contributed by atoms with E-state index in [1.807, 2.05) is 0 Å². The fourth-order valence-corrected chi connectivity index (χ4v) is 0. The molecule has 38 valence electrons. The zero-order valence-corrected chi connectivity index (χ0v) is 4.40. The summed E-state index contributed by atoms with van der Waals surface area (Å²) in [6.07, 6.45) is -0.815. The Labute approximate surface area is 37.8 Å². The van der Waals surface area contributed by atoms with Crippen LogP contribution in [0.25, 0.3) is 0 Å². The largest absolute Gasteiger partial charge is 0.280 e. The molecule has 2 heteroatoms. The van der Waals surface area contributed by atoms with Crippen LogP contribution >= 0.6 is 0 Å². The van der Waals surface area contributed by atoms with Crippen LogP contribution in [0.15, 0.2) is 0 Å². The summed E-state index contributed by atoms with van der Waals surface area (Å²) in [4.78, 5) is 1.50. The number of hydrogen-bond donors (Lipinski definition) is 0. The molecule has 0 saturated carbocycles. The van der Waals surface area contributed by atoms with Crippen molar-refractivity contribution in [2.75, 3.05) is 14.1 Å². The highest BCUT2D eigenvalue weighted by Crippen LogP contribution is 1.88. The summed E-state index contributed by atoms with van der Waals surface area (Å²) in [6.45, 7) is 1.50. The minimum Gasteiger partial charge on any atom is -0.280 e. The summed E-state index contributed by atoms with van der Waals surface area (Å²) in [5.41, 5.74) is 0. The molecule has 0 unspecified atom stereocenters. The predicted octanol–water partition coefficient (Wildman–Crippen LogP) is 0.864. The first-order valence-electron chi connectivity index (χ1n) is 1.95. The molecule has 0 bridgehead atoms. The third-order valence-electron chi connectivity index (χ3n) is 0.712. The zero-order valence-electron chi connectivity index (χ0n) is 4.40. The van der Waals surface area contributed by atoms with Gasteiger partial charge in [0.2, 0.25) is 0 Å². The predicted molar refractivity (Wildman–Crippen MR) is 24.3 cm³/mol. The molecule has 0 aliphatic carbocycles. The van der Waals surface area contributed by atoms with Gasteiger partial charge in [0.15, 0.2) is 0 Å². The number of rotatable bonds is 1. The van der Waals surface area contributed by atoms with Gasteiger partial charge in [-0.3, -0.25) is 4.90 Å². The summed E-state index contributed by atoms with van der Waals surface area (Å²) in [5.74, 6) is 0. The lowest BCUT2D eigenvalue weighted by Crippen LogP contribution is -2.18. The first-order valence-corrected chi connectivity index (χ1v) is 1.95. The van der Waals surface area contributed by atoms with Gasteiger partial charge in [-0.2, -0.15) is 0 Å². The molecule has 0 rings (SSSR count). The van der Waals surface area contributed by atoms with Crippen molar-refractivity contribution >= 4 is 0 Å². The van der Waals surface area contributed by atoms with Crippen LogP contribution in [0.2, 0.25) is 0 Å². The second-order valence-electron chi connectivity index (χ2n) is 1.54. The molecule has 0 fully saturated rings. The number of halogens is 1. The number of nitrogens with zero attached hydrogens (tertiary/aromatic N) is 1. The summed E-state index contributed by atoms with van der Waals surface area (Å²) >= 11 is 0. The molecule has 0 spiro atoms.